The lowest BCUT2D eigenvalue weighted by Crippen LogP contribution is -2.27. The first kappa shape index (κ1) is 22.2. The average Bonchev–Trinajstić information content (AvgIpc) is 2.81. The van der Waals surface area contributed by atoms with Gasteiger partial charge in [-0.1, -0.05) is 15.9 Å². The minimum absolute atomic E-state index is 0.271. The number of benzene rings is 1. The Bertz CT molecular complexity index is 908. The van der Waals surface area contributed by atoms with Crippen LogP contribution in [-0.4, -0.2) is 40.3 Å². The van der Waals surface area contributed by atoms with Crippen LogP contribution in [0.1, 0.15) is 68.8 Å². The molecule has 0 N–H and O–H groups in total. The summed E-state index contributed by atoms with van der Waals surface area (Å²) in [6.07, 6.45) is 4.66. The van der Waals surface area contributed by atoms with Gasteiger partial charge in [0, 0.05) is 16.1 Å². The number of ether oxygens (including phenoxy) is 2. The molecule has 158 valence electrons. The highest BCUT2D eigenvalue weighted by Crippen LogP contribution is 2.38. The number of halogens is 1. The highest BCUT2D eigenvalue weighted by atomic mass is 79.9. The molecule has 3 rings (SSSR count). The summed E-state index contributed by atoms with van der Waals surface area (Å²) < 4.78 is 13.2. The van der Waals surface area contributed by atoms with Gasteiger partial charge in [-0.25, -0.2) is 9.59 Å². The Kier molecular flexibility index (Phi) is 6.99. The SMILES string of the molecule is CCOC(=O)c1cc(Br)cc2c(C3CCCSCC3)cn(C(=O)OC(C)(C)C)c12. The molecule has 2 aromatic rings. The van der Waals surface area contributed by atoms with Crippen LogP contribution in [0.5, 0.6) is 0 Å². The van der Waals surface area contributed by atoms with Gasteiger partial charge in [0.15, 0.2) is 0 Å². The maximum Gasteiger partial charge on any atom is 0.419 e. The van der Waals surface area contributed by atoms with E-state index in [1.54, 1.807) is 13.0 Å². The fourth-order valence-corrected chi connectivity index (χ4v) is 5.20. The number of fused-ring (bicyclic) bond motifs is 1. The second kappa shape index (κ2) is 9.13. The molecule has 1 aliphatic rings. The summed E-state index contributed by atoms with van der Waals surface area (Å²) in [6, 6.07) is 3.71. The fourth-order valence-electron chi connectivity index (χ4n) is 3.71. The number of carbonyl (C=O) groups excluding carboxylic acids is 2. The van der Waals surface area contributed by atoms with Crippen molar-refractivity contribution >= 4 is 50.7 Å². The summed E-state index contributed by atoms with van der Waals surface area (Å²) in [6.45, 7) is 7.55. The highest BCUT2D eigenvalue weighted by molar-refractivity contribution is 9.10. The molecule has 0 spiro atoms. The van der Waals surface area contributed by atoms with Gasteiger partial charge < -0.3 is 9.47 Å². The fraction of sp³-hybridized carbons (Fsp3) is 0.545. The zero-order valence-corrected chi connectivity index (χ0v) is 19.8. The maximum absolute atomic E-state index is 13.0. The third-order valence-electron chi connectivity index (χ3n) is 4.87. The molecule has 0 radical (unpaired) electrons. The molecule has 0 aliphatic carbocycles. The molecule has 1 saturated heterocycles. The van der Waals surface area contributed by atoms with Gasteiger partial charge in [-0.05, 0) is 82.1 Å². The van der Waals surface area contributed by atoms with Gasteiger partial charge in [0.2, 0.25) is 0 Å². The van der Waals surface area contributed by atoms with E-state index in [1.165, 1.54) is 10.3 Å². The number of hydrogen-bond donors (Lipinski definition) is 0. The van der Waals surface area contributed by atoms with Crippen LogP contribution >= 0.6 is 27.7 Å². The van der Waals surface area contributed by atoms with Gasteiger partial charge in [0.25, 0.3) is 0 Å². The Hall–Kier alpha value is -1.47. The molecule has 1 atom stereocenters. The number of esters is 1. The molecular weight excluding hydrogens is 454 g/mol. The largest absolute Gasteiger partial charge is 0.462 e. The molecule has 5 nitrogen and oxygen atoms in total. The Morgan fingerprint density at radius 1 is 1.24 bits per heavy atom. The van der Waals surface area contributed by atoms with Crippen LogP contribution in [0, 0.1) is 0 Å². The van der Waals surface area contributed by atoms with Gasteiger partial charge in [0.05, 0.1) is 17.7 Å². The molecule has 1 aromatic heterocycles. The molecule has 7 heteroatoms. The summed E-state index contributed by atoms with van der Waals surface area (Å²) in [5.74, 6) is 2.17. The Morgan fingerprint density at radius 3 is 2.69 bits per heavy atom. The van der Waals surface area contributed by atoms with Gasteiger partial charge in [-0.15, -0.1) is 0 Å². The van der Waals surface area contributed by atoms with Crippen LogP contribution in [0.25, 0.3) is 10.9 Å². The molecule has 1 aliphatic heterocycles. The predicted molar refractivity (Wildman–Crippen MR) is 121 cm³/mol. The molecule has 2 heterocycles. The monoisotopic (exact) mass is 481 g/mol. The van der Waals surface area contributed by atoms with E-state index in [0.29, 0.717) is 17.0 Å². The van der Waals surface area contributed by atoms with Crippen molar-refractivity contribution in [3.05, 3.63) is 33.9 Å². The number of rotatable bonds is 3. The van der Waals surface area contributed by atoms with Gasteiger partial charge in [0.1, 0.15) is 5.60 Å². The topological polar surface area (TPSA) is 57.5 Å². The zero-order chi connectivity index (χ0) is 21.2. The Balaban J connectivity index is 2.21. The van der Waals surface area contributed by atoms with Gasteiger partial charge in [-0.3, -0.25) is 4.57 Å². The third-order valence-corrected chi connectivity index (χ3v) is 6.43. The summed E-state index contributed by atoms with van der Waals surface area (Å²) >= 11 is 5.51. The summed E-state index contributed by atoms with van der Waals surface area (Å²) in [7, 11) is 0. The summed E-state index contributed by atoms with van der Waals surface area (Å²) in [4.78, 5) is 25.7. The lowest BCUT2D eigenvalue weighted by molar-refractivity contribution is 0.0527. The first-order valence-corrected chi connectivity index (χ1v) is 12.0. The number of thioether (sulfide) groups is 1. The van der Waals surface area contributed by atoms with Crippen molar-refractivity contribution in [2.45, 2.75) is 58.5 Å². The van der Waals surface area contributed by atoms with Crippen molar-refractivity contribution < 1.29 is 19.1 Å². The average molecular weight is 482 g/mol. The standard InChI is InChI=1S/C22H28BrNO4S/c1-5-27-20(25)17-12-15(23)11-16-18(14-7-6-9-29-10-8-14)13-24(19(16)17)21(26)28-22(2,3)4/h11-14H,5-10H2,1-4H3. The van der Waals surface area contributed by atoms with Crippen LogP contribution in [0.4, 0.5) is 4.79 Å². The second-order valence-corrected chi connectivity index (χ2v) is 10.4. The van der Waals surface area contributed by atoms with E-state index in [2.05, 4.69) is 15.9 Å². The van der Waals surface area contributed by atoms with Crippen LogP contribution in [0.15, 0.2) is 22.8 Å². The van der Waals surface area contributed by atoms with Crippen molar-refractivity contribution in [2.24, 2.45) is 0 Å². The van der Waals surface area contributed by atoms with E-state index in [1.807, 2.05) is 44.8 Å². The van der Waals surface area contributed by atoms with Crippen molar-refractivity contribution in [2.75, 3.05) is 18.1 Å². The first-order chi connectivity index (χ1) is 13.7. The van der Waals surface area contributed by atoms with Crippen LogP contribution < -0.4 is 0 Å². The molecule has 0 amide bonds. The van der Waals surface area contributed by atoms with Crippen molar-refractivity contribution in [3.63, 3.8) is 0 Å². The minimum Gasteiger partial charge on any atom is -0.462 e. The summed E-state index contributed by atoms with van der Waals surface area (Å²) in [5, 5.41) is 0.908. The minimum atomic E-state index is -0.633. The molecular formula is C22H28BrNO4S. The smallest absolute Gasteiger partial charge is 0.419 e. The number of aromatic nitrogens is 1. The van der Waals surface area contributed by atoms with Gasteiger partial charge >= 0.3 is 12.1 Å². The van der Waals surface area contributed by atoms with E-state index in [9.17, 15) is 9.59 Å². The number of hydrogen-bond acceptors (Lipinski definition) is 5. The van der Waals surface area contributed by atoms with E-state index < -0.39 is 17.7 Å². The zero-order valence-electron chi connectivity index (χ0n) is 17.4. The quantitative estimate of drug-likeness (QED) is 0.476. The Morgan fingerprint density at radius 2 is 2.00 bits per heavy atom. The van der Waals surface area contributed by atoms with Crippen LogP contribution in [-0.2, 0) is 9.47 Å². The normalized spacial score (nSPS) is 17.8. The second-order valence-electron chi connectivity index (χ2n) is 8.24. The number of carbonyl (C=O) groups is 2. The predicted octanol–water partition coefficient (Wildman–Crippen LogP) is 6.36. The molecule has 0 saturated carbocycles. The van der Waals surface area contributed by atoms with Crippen LogP contribution in [0.3, 0.4) is 0 Å². The van der Waals surface area contributed by atoms with Crippen molar-refractivity contribution in [3.8, 4) is 0 Å². The van der Waals surface area contributed by atoms with E-state index >= 15 is 0 Å². The molecule has 29 heavy (non-hydrogen) atoms. The first-order valence-electron chi connectivity index (χ1n) is 10.0. The lowest BCUT2D eigenvalue weighted by atomic mass is 9.91. The molecule has 1 fully saturated rings. The molecule has 1 aromatic carbocycles. The lowest BCUT2D eigenvalue weighted by Gasteiger charge is -2.20. The van der Waals surface area contributed by atoms with E-state index in [0.717, 1.165) is 40.4 Å². The number of nitrogens with zero attached hydrogens (tertiary/aromatic N) is 1. The van der Waals surface area contributed by atoms with E-state index in [-0.39, 0.29) is 6.61 Å². The van der Waals surface area contributed by atoms with Crippen molar-refractivity contribution in [1.29, 1.82) is 0 Å². The van der Waals surface area contributed by atoms with Crippen LogP contribution in [0.2, 0.25) is 0 Å². The van der Waals surface area contributed by atoms with Crippen molar-refractivity contribution in [1.82, 2.24) is 4.57 Å². The van der Waals surface area contributed by atoms with E-state index in [4.69, 9.17) is 9.47 Å². The third kappa shape index (κ3) is 5.18. The molecule has 0 bridgehead atoms. The van der Waals surface area contributed by atoms with Gasteiger partial charge in [-0.2, -0.15) is 11.8 Å². The molecule has 1 unspecified atom stereocenters. The highest BCUT2D eigenvalue weighted by Gasteiger charge is 2.28. The summed E-state index contributed by atoms with van der Waals surface area (Å²) in [5.41, 5.74) is 1.40. The maximum atomic E-state index is 13.0. The Labute approximate surface area is 184 Å².